The summed E-state index contributed by atoms with van der Waals surface area (Å²) in [6.45, 7) is -0.137. The van der Waals surface area contributed by atoms with E-state index in [1.54, 1.807) is 0 Å². The molecule has 0 aliphatic carbocycles. The van der Waals surface area contributed by atoms with Crippen LogP contribution in [-0.2, 0) is 0 Å². The Balaban J connectivity index is 3.50. The maximum absolute atomic E-state index is 11.7. The summed E-state index contributed by atoms with van der Waals surface area (Å²) in [4.78, 5) is 11.7. The van der Waals surface area contributed by atoms with E-state index in [1.165, 1.54) is 27.4 Å². The van der Waals surface area contributed by atoms with Gasteiger partial charge in [-0.15, -0.1) is 0 Å². The second-order valence-electron chi connectivity index (χ2n) is 3.13. The average molecular weight is 260 g/mol. The number of hydrogen-bond donors (Lipinski definition) is 1. The first-order chi connectivity index (χ1) is 8.10. The third-order valence-corrected chi connectivity index (χ3v) is 2.60. The molecule has 0 aromatic heterocycles. The van der Waals surface area contributed by atoms with Gasteiger partial charge in [-0.3, -0.25) is 4.79 Å². The quantitative estimate of drug-likeness (QED) is 0.812. The minimum atomic E-state index is -0.287. The van der Waals surface area contributed by atoms with Crippen LogP contribution in [0.25, 0.3) is 0 Å². The molecule has 17 heavy (non-hydrogen) atoms. The van der Waals surface area contributed by atoms with E-state index in [1.807, 2.05) is 0 Å². The molecule has 1 aromatic carbocycles. The lowest BCUT2D eigenvalue weighted by molar-refractivity contribution is 0.0998. The van der Waals surface area contributed by atoms with E-state index in [9.17, 15) is 4.79 Å². The summed E-state index contributed by atoms with van der Waals surface area (Å²) in [6.07, 6.45) is 0. The van der Waals surface area contributed by atoms with E-state index in [2.05, 4.69) is 0 Å². The topological polar surface area (TPSA) is 70.8 Å². The van der Waals surface area contributed by atoms with Gasteiger partial charge in [0.1, 0.15) is 5.02 Å². The first-order valence-electron chi connectivity index (χ1n) is 4.82. The Morgan fingerprint density at radius 2 is 1.82 bits per heavy atom. The number of Topliss-reactive ketones (excluding diaryl/α,β-unsaturated/α-hetero) is 1. The summed E-state index contributed by atoms with van der Waals surface area (Å²) in [6, 6.07) is 1.50. The molecular weight excluding hydrogens is 246 g/mol. The fraction of sp³-hybridized carbons (Fsp3) is 0.364. The van der Waals surface area contributed by atoms with Gasteiger partial charge in [-0.05, 0) is 6.07 Å². The van der Waals surface area contributed by atoms with Crippen molar-refractivity contribution in [1.29, 1.82) is 0 Å². The van der Waals surface area contributed by atoms with Crippen LogP contribution in [-0.4, -0.2) is 33.7 Å². The van der Waals surface area contributed by atoms with Crippen molar-refractivity contribution in [1.82, 2.24) is 0 Å². The Kier molecular flexibility index (Phi) is 4.60. The van der Waals surface area contributed by atoms with E-state index in [-0.39, 0.29) is 28.7 Å². The van der Waals surface area contributed by atoms with E-state index in [0.717, 1.165) is 0 Å². The molecule has 2 N–H and O–H groups in total. The van der Waals surface area contributed by atoms with Gasteiger partial charge in [0, 0.05) is 0 Å². The average Bonchev–Trinajstić information content (AvgIpc) is 2.36. The highest BCUT2D eigenvalue weighted by Gasteiger charge is 2.22. The molecule has 1 rings (SSSR count). The van der Waals surface area contributed by atoms with Gasteiger partial charge in [0.2, 0.25) is 0 Å². The SMILES string of the molecule is COc1cc(C(=O)CN)c(OC)c(Cl)c1OC. The molecule has 0 amide bonds. The van der Waals surface area contributed by atoms with Gasteiger partial charge >= 0.3 is 0 Å². The minimum absolute atomic E-state index is 0.137. The first-order valence-corrected chi connectivity index (χ1v) is 5.20. The summed E-state index contributed by atoms with van der Waals surface area (Å²) in [5.74, 6) is 0.624. The van der Waals surface area contributed by atoms with Crippen LogP contribution in [0.5, 0.6) is 17.2 Å². The van der Waals surface area contributed by atoms with Crippen molar-refractivity contribution in [2.75, 3.05) is 27.9 Å². The molecule has 0 spiro atoms. The lowest BCUT2D eigenvalue weighted by Crippen LogP contribution is -2.15. The van der Waals surface area contributed by atoms with E-state index in [4.69, 9.17) is 31.5 Å². The molecule has 0 saturated carbocycles. The van der Waals surface area contributed by atoms with Crippen LogP contribution in [0.1, 0.15) is 10.4 Å². The van der Waals surface area contributed by atoms with Gasteiger partial charge in [-0.1, -0.05) is 11.6 Å². The van der Waals surface area contributed by atoms with Crippen LogP contribution < -0.4 is 19.9 Å². The maximum Gasteiger partial charge on any atom is 0.183 e. The van der Waals surface area contributed by atoms with Gasteiger partial charge in [0.15, 0.2) is 23.0 Å². The molecule has 0 bridgehead atoms. The predicted molar refractivity (Wildman–Crippen MR) is 64.5 cm³/mol. The molecule has 6 heteroatoms. The Hall–Kier alpha value is -1.46. The smallest absolute Gasteiger partial charge is 0.183 e. The number of carbonyl (C=O) groups excluding carboxylic acids is 1. The highest BCUT2D eigenvalue weighted by Crippen LogP contribution is 2.43. The number of carbonyl (C=O) groups is 1. The molecule has 0 radical (unpaired) electrons. The van der Waals surface area contributed by atoms with Crippen molar-refractivity contribution in [3.8, 4) is 17.2 Å². The molecule has 0 unspecified atom stereocenters. The standard InChI is InChI=1S/C11H14ClNO4/c1-15-8-4-6(7(14)5-13)10(16-2)9(12)11(8)17-3/h4H,5,13H2,1-3H3. The molecule has 0 heterocycles. The third kappa shape index (κ3) is 2.45. The Labute approximate surface area is 104 Å². The van der Waals surface area contributed by atoms with Gasteiger partial charge in [0.25, 0.3) is 0 Å². The molecule has 5 nitrogen and oxygen atoms in total. The van der Waals surface area contributed by atoms with E-state index >= 15 is 0 Å². The first kappa shape index (κ1) is 13.6. The van der Waals surface area contributed by atoms with Gasteiger partial charge in [-0.25, -0.2) is 0 Å². The second-order valence-corrected chi connectivity index (χ2v) is 3.51. The van der Waals surface area contributed by atoms with Crippen molar-refractivity contribution in [2.24, 2.45) is 5.73 Å². The zero-order chi connectivity index (χ0) is 13.0. The number of benzene rings is 1. The Morgan fingerprint density at radius 3 is 2.24 bits per heavy atom. The number of halogens is 1. The van der Waals surface area contributed by atoms with Gasteiger partial charge in [-0.2, -0.15) is 0 Å². The molecule has 0 fully saturated rings. The van der Waals surface area contributed by atoms with Crippen molar-refractivity contribution in [2.45, 2.75) is 0 Å². The third-order valence-electron chi connectivity index (χ3n) is 2.26. The predicted octanol–water partition coefficient (Wildman–Crippen LogP) is 1.51. The van der Waals surface area contributed by atoms with Crippen LogP contribution in [0.15, 0.2) is 6.07 Å². The Bertz CT molecular complexity index is 434. The van der Waals surface area contributed by atoms with E-state index < -0.39 is 0 Å². The van der Waals surface area contributed by atoms with Crippen molar-refractivity contribution >= 4 is 17.4 Å². The maximum atomic E-state index is 11.7. The van der Waals surface area contributed by atoms with Crippen molar-refractivity contribution in [3.05, 3.63) is 16.7 Å². The number of ether oxygens (including phenoxy) is 3. The van der Waals surface area contributed by atoms with Crippen LogP contribution >= 0.6 is 11.6 Å². The highest BCUT2D eigenvalue weighted by molar-refractivity contribution is 6.34. The number of rotatable bonds is 5. The summed E-state index contributed by atoms with van der Waals surface area (Å²) in [5.41, 5.74) is 5.60. The summed E-state index contributed by atoms with van der Waals surface area (Å²) < 4.78 is 15.3. The zero-order valence-electron chi connectivity index (χ0n) is 9.87. The fourth-order valence-corrected chi connectivity index (χ4v) is 1.80. The van der Waals surface area contributed by atoms with Crippen molar-refractivity contribution < 1.29 is 19.0 Å². The summed E-state index contributed by atoms with van der Waals surface area (Å²) >= 11 is 6.08. The molecule has 0 aliphatic rings. The lowest BCUT2D eigenvalue weighted by atomic mass is 10.1. The zero-order valence-corrected chi connectivity index (χ0v) is 10.6. The van der Waals surface area contributed by atoms with Gasteiger partial charge < -0.3 is 19.9 Å². The number of hydrogen-bond acceptors (Lipinski definition) is 5. The molecule has 0 saturated heterocycles. The monoisotopic (exact) mass is 259 g/mol. The van der Waals surface area contributed by atoms with Crippen LogP contribution in [0.3, 0.4) is 0 Å². The molecule has 0 atom stereocenters. The fourth-order valence-electron chi connectivity index (χ4n) is 1.45. The largest absolute Gasteiger partial charge is 0.494 e. The Morgan fingerprint density at radius 1 is 1.24 bits per heavy atom. The van der Waals surface area contributed by atoms with Crippen molar-refractivity contribution in [3.63, 3.8) is 0 Å². The van der Waals surface area contributed by atoms with Crippen LogP contribution in [0.4, 0.5) is 0 Å². The van der Waals surface area contributed by atoms with Gasteiger partial charge in [0.05, 0.1) is 33.4 Å². The molecule has 0 aliphatic heterocycles. The number of methoxy groups -OCH3 is 3. The second kappa shape index (κ2) is 5.75. The minimum Gasteiger partial charge on any atom is -0.494 e. The summed E-state index contributed by atoms with van der Waals surface area (Å²) in [5, 5.41) is 0.186. The van der Waals surface area contributed by atoms with E-state index in [0.29, 0.717) is 11.5 Å². The van der Waals surface area contributed by atoms with Crippen LogP contribution in [0.2, 0.25) is 5.02 Å². The molecule has 1 aromatic rings. The van der Waals surface area contributed by atoms with Crippen LogP contribution in [0, 0.1) is 0 Å². The number of nitrogens with two attached hydrogens (primary N) is 1. The normalized spacial score (nSPS) is 9.94. The lowest BCUT2D eigenvalue weighted by Gasteiger charge is -2.15. The number of ketones is 1. The molecule has 94 valence electrons. The highest BCUT2D eigenvalue weighted by atomic mass is 35.5. The molecular formula is C11H14ClNO4. The summed E-state index contributed by atoms with van der Waals surface area (Å²) in [7, 11) is 4.32.